The number of nitrogens with one attached hydrogen (secondary N) is 1. The highest BCUT2D eigenvalue weighted by atomic mass is 79.9. The van der Waals surface area contributed by atoms with Crippen LogP contribution in [0.25, 0.3) is 0 Å². The van der Waals surface area contributed by atoms with Gasteiger partial charge in [-0.3, -0.25) is 0 Å². The van der Waals surface area contributed by atoms with Gasteiger partial charge < -0.3 is 10.4 Å². The minimum Gasteiger partial charge on any atom is -0.506 e. The Morgan fingerprint density at radius 3 is 2.75 bits per heavy atom. The summed E-state index contributed by atoms with van der Waals surface area (Å²) in [5, 5.41) is 13.5. The van der Waals surface area contributed by atoms with Crippen molar-refractivity contribution < 1.29 is 5.11 Å². The summed E-state index contributed by atoms with van der Waals surface area (Å²) in [6, 6.07) is 12.2. The van der Waals surface area contributed by atoms with Gasteiger partial charge in [0, 0.05) is 17.8 Å². The largest absolute Gasteiger partial charge is 0.506 e. The van der Waals surface area contributed by atoms with Crippen molar-refractivity contribution in [3.8, 4) is 5.75 Å². The second-order valence-electron chi connectivity index (χ2n) is 5.25. The van der Waals surface area contributed by atoms with E-state index in [0.717, 1.165) is 16.5 Å². The number of aromatic hydroxyl groups is 1. The van der Waals surface area contributed by atoms with Crippen LogP contribution in [0.15, 0.2) is 40.9 Å². The number of hydrogen-bond acceptors (Lipinski definition) is 2. The van der Waals surface area contributed by atoms with Crippen LogP contribution in [0.3, 0.4) is 0 Å². The van der Waals surface area contributed by atoms with Crippen LogP contribution in [-0.4, -0.2) is 5.11 Å². The van der Waals surface area contributed by atoms with Crippen LogP contribution >= 0.6 is 15.9 Å². The molecule has 0 aliphatic heterocycles. The molecule has 2 nitrogen and oxygen atoms in total. The highest BCUT2D eigenvalue weighted by Gasteiger charge is 2.13. The van der Waals surface area contributed by atoms with Crippen molar-refractivity contribution in [1.82, 2.24) is 0 Å². The summed E-state index contributed by atoms with van der Waals surface area (Å²) in [6.45, 7) is 0.641. The molecule has 104 valence electrons. The van der Waals surface area contributed by atoms with Crippen LogP contribution in [0.2, 0.25) is 0 Å². The average Bonchev–Trinajstić information content (AvgIpc) is 2.49. The molecule has 1 aliphatic carbocycles. The second kappa shape index (κ2) is 5.88. The highest BCUT2D eigenvalue weighted by molar-refractivity contribution is 9.10. The molecule has 3 rings (SSSR count). The van der Waals surface area contributed by atoms with E-state index in [1.165, 1.54) is 36.1 Å². The summed E-state index contributed by atoms with van der Waals surface area (Å²) < 4.78 is 0.742. The van der Waals surface area contributed by atoms with Gasteiger partial charge in [0.25, 0.3) is 0 Å². The predicted octanol–water partition coefficient (Wildman–Crippen LogP) is 4.65. The number of para-hydroxylation sites is 1. The summed E-state index contributed by atoms with van der Waals surface area (Å²) in [5.74, 6) is 0.324. The molecule has 0 aromatic heterocycles. The van der Waals surface area contributed by atoms with Crippen molar-refractivity contribution in [1.29, 1.82) is 0 Å². The van der Waals surface area contributed by atoms with Crippen molar-refractivity contribution >= 4 is 21.6 Å². The van der Waals surface area contributed by atoms with Crippen LogP contribution < -0.4 is 5.32 Å². The third-order valence-electron chi connectivity index (χ3n) is 3.94. The van der Waals surface area contributed by atoms with Crippen molar-refractivity contribution in [2.75, 3.05) is 5.32 Å². The summed E-state index contributed by atoms with van der Waals surface area (Å²) >= 11 is 3.35. The van der Waals surface area contributed by atoms with Gasteiger partial charge in [0.2, 0.25) is 0 Å². The fraction of sp³-hybridized carbons (Fsp3) is 0.294. The first-order valence-corrected chi connectivity index (χ1v) is 7.86. The maximum Gasteiger partial charge on any atom is 0.134 e. The van der Waals surface area contributed by atoms with Crippen molar-refractivity contribution in [3.05, 3.63) is 57.6 Å². The number of anilines is 1. The Hall–Kier alpha value is -1.48. The number of phenolic OH excluding ortho intramolecular Hbond substituents is 1. The molecule has 0 bridgehead atoms. The lowest BCUT2D eigenvalue weighted by Crippen LogP contribution is -2.08. The average molecular weight is 332 g/mol. The molecule has 2 N–H and O–H groups in total. The molecule has 2 aromatic carbocycles. The minimum absolute atomic E-state index is 0.324. The van der Waals surface area contributed by atoms with Crippen LogP contribution in [-0.2, 0) is 19.4 Å². The van der Waals surface area contributed by atoms with E-state index in [1.807, 2.05) is 18.2 Å². The third kappa shape index (κ3) is 2.68. The molecule has 1 aliphatic rings. The van der Waals surface area contributed by atoms with E-state index in [9.17, 15) is 5.11 Å². The number of aryl methyl sites for hydroxylation is 1. The first-order valence-electron chi connectivity index (χ1n) is 7.06. The Bertz CT molecular complexity index is 624. The van der Waals surface area contributed by atoms with E-state index in [0.29, 0.717) is 12.3 Å². The Balaban J connectivity index is 1.80. The van der Waals surface area contributed by atoms with Gasteiger partial charge in [-0.2, -0.15) is 0 Å². The molecule has 0 spiro atoms. The first-order chi connectivity index (χ1) is 9.75. The molecule has 0 fully saturated rings. The van der Waals surface area contributed by atoms with Gasteiger partial charge in [-0.25, -0.2) is 0 Å². The standard InChI is InChI=1S/C17H18BrNO/c18-15-9-3-7-13(17(15)20)11-19-16-10-4-6-12-5-1-2-8-14(12)16/h3-4,6-7,9-10,19-20H,1-2,5,8,11H2. The van der Waals surface area contributed by atoms with Gasteiger partial charge in [-0.05, 0) is 64.9 Å². The zero-order chi connectivity index (χ0) is 13.9. The molecule has 0 radical (unpaired) electrons. The molecular weight excluding hydrogens is 314 g/mol. The number of hydrogen-bond donors (Lipinski definition) is 2. The number of phenols is 1. The lowest BCUT2D eigenvalue weighted by atomic mass is 9.90. The van der Waals surface area contributed by atoms with E-state index in [4.69, 9.17) is 0 Å². The first kappa shape index (κ1) is 13.5. The molecule has 20 heavy (non-hydrogen) atoms. The summed E-state index contributed by atoms with van der Waals surface area (Å²) in [7, 11) is 0. The fourth-order valence-electron chi connectivity index (χ4n) is 2.84. The minimum atomic E-state index is 0.324. The topological polar surface area (TPSA) is 32.3 Å². The number of rotatable bonds is 3. The second-order valence-corrected chi connectivity index (χ2v) is 6.11. The Kier molecular flexibility index (Phi) is 3.97. The molecule has 0 amide bonds. The van der Waals surface area contributed by atoms with Gasteiger partial charge >= 0.3 is 0 Å². The predicted molar refractivity (Wildman–Crippen MR) is 86.2 cm³/mol. The zero-order valence-electron chi connectivity index (χ0n) is 11.3. The summed E-state index contributed by atoms with van der Waals surface area (Å²) in [6.07, 6.45) is 4.91. The summed E-state index contributed by atoms with van der Waals surface area (Å²) in [5.41, 5.74) is 5.04. The van der Waals surface area contributed by atoms with E-state index in [-0.39, 0.29) is 0 Å². The molecule has 0 heterocycles. The molecule has 0 saturated carbocycles. The normalized spacial score (nSPS) is 13.8. The lowest BCUT2D eigenvalue weighted by molar-refractivity contribution is 0.465. The number of halogens is 1. The summed E-state index contributed by atoms with van der Waals surface area (Å²) in [4.78, 5) is 0. The van der Waals surface area contributed by atoms with Gasteiger partial charge in [0.15, 0.2) is 0 Å². The van der Waals surface area contributed by atoms with E-state index in [1.54, 1.807) is 0 Å². The maximum atomic E-state index is 10.0. The van der Waals surface area contributed by atoms with Crippen LogP contribution in [0.4, 0.5) is 5.69 Å². The van der Waals surface area contributed by atoms with Gasteiger partial charge in [0.05, 0.1) is 4.47 Å². The lowest BCUT2D eigenvalue weighted by Gasteiger charge is -2.20. The third-order valence-corrected chi connectivity index (χ3v) is 4.58. The number of fused-ring (bicyclic) bond motifs is 1. The smallest absolute Gasteiger partial charge is 0.134 e. The Morgan fingerprint density at radius 1 is 1.05 bits per heavy atom. The molecule has 0 saturated heterocycles. The maximum absolute atomic E-state index is 10.0. The number of benzene rings is 2. The zero-order valence-corrected chi connectivity index (χ0v) is 12.9. The van der Waals surface area contributed by atoms with Crippen LogP contribution in [0.5, 0.6) is 5.75 Å². The molecular formula is C17H18BrNO. The molecule has 2 aromatic rings. The van der Waals surface area contributed by atoms with E-state index < -0.39 is 0 Å². The van der Waals surface area contributed by atoms with Gasteiger partial charge in [-0.15, -0.1) is 0 Å². The van der Waals surface area contributed by atoms with Crippen LogP contribution in [0.1, 0.15) is 29.5 Å². The van der Waals surface area contributed by atoms with Crippen molar-refractivity contribution in [3.63, 3.8) is 0 Å². The van der Waals surface area contributed by atoms with Crippen molar-refractivity contribution in [2.45, 2.75) is 32.2 Å². The quantitative estimate of drug-likeness (QED) is 0.858. The monoisotopic (exact) mass is 331 g/mol. The fourth-order valence-corrected chi connectivity index (χ4v) is 3.25. The van der Waals surface area contributed by atoms with Crippen molar-refractivity contribution in [2.24, 2.45) is 0 Å². The van der Waals surface area contributed by atoms with E-state index in [2.05, 4.69) is 39.4 Å². The Labute approximate surface area is 128 Å². The Morgan fingerprint density at radius 2 is 1.85 bits per heavy atom. The highest BCUT2D eigenvalue weighted by Crippen LogP contribution is 2.30. The molecule has 0 unspecified atom stereocenters. The van der Waals surface area contributed by atoms with Crippen LogP contribution in [0, 0.1) is 0 Å². The van der Waals surface area contributed by atoms with Gasteiger partial charge in [-0.1, -0.05) is 24.3 Å². The molecule has 3 heteroatoms. The van der Waals surface area contributed by atoms with Gasteiger partial charge in [0.1, 0.15) is 5.75 Å². The molecule has 0 atom stereocenters. The SMILES string of the molecule is Oc1c(Br)cccc1CNc1cccc2c1CCCC2. The van der Waals surface area contributed by atoms with E-state index >= 15 is 0 Å².